The lowest BCUT2D eigenvalue weighted by Gasteiger charge is -2.05. The summed E-state index contributed by atoms with van der Waals surface area (Å²) in [5.74, 6) is 0. The third kappa shape index (κ3) is 1.26. The van der Waals surface area contributed by atoms with Gasteiger partial charge in [-0.25, -0.2) is 0 Å². The molecule has 0 aliphatic heterocycles. The van der Waals surface area contributed by atoms with E-state index in [2.05, 4.69) is 47.6 Å². The fourth-order valence-corrected chi connectivity index (χ4v) is 2.75. The Kier molecular flexibility index (Phi) is 1.92. The molecule has 0 amide bonds. The maximum Gasteiger partial charge on any atom is 0.124 e. The predicted octanol–water partition coefficient (Wildman–Crippen LogP) is 3.91. The molecule has 2 heteroatoms. The first-order valence-electron chi connectivity index (χ1n) is 6.04. The molecule has 0 saturated heterocycles. The minimum Gasteiger partial charge on any atom is -0.364 e. The fourth-order valence-electron chi connectivity index (χ4n) is 2.75. The summed E-state index contributed by atoms with van der Waals surface area (Å²) in [5.41, 5.74) is 7.51. The quantitative estimate of drug-likeness (QED) is 0.498. The van der Waals surface area contributed by atoms with Gasteiger partial charge in [-0.2, -0.15) is 0 Å². The van der Waals surface area contributed by atoms with Gasteiger partial charge in [0.05, 0.1) is 0 Å². The SMILES string of the molecule is c1ccc2c(c1)Cc1c(-c3ccon3)cccc1-2. The Balaban J connectivity index is 1.97. The summed E-state index contributed by atoms with van der Waals surface area (Å²) in [6.45, 7) is 0. The van der Waals surface area contributed by atoms with Crippen molar-refractivity contribution < 1.29 is 4.52 Å². The van der Waals surface area contributed by atoms with Crippen LogP contribution < -0.4 is 0 Å². The van der Waals surface area contributed by atoms with E-state index >= 15 is 0 Å². The molecule has 0 radical (unpaired) electrons. The van der Waals surface area contributed by atoms with Gasteiger partial charge in [0.1, 0.15) is 12.0 Å². The molecule has 0 unspecified atom stereocenters. The molecule has 18 heavy (non-hydrogen) atoms. The first-order valence-corrected chi connectivity index (χ1v) is 6.04. The lowest BCUT2D eigenvalue weighted by atomic mass is 9.99. The summed E-state index contributed by atoms with van der Waals surface area (Å²) >= 11 is 0. The number of nitrogens with zero attached hydrogens (tertiary/aromatic N) is 1. The Bertz CT molecular complexity index is 714. The fraction of sp³-hybridized carbons (Fsp3) is 0.0625. The van der Waals surface area contributed by atoms with Gasteiger partial charge < -0.3 is 4.52 Å². The summed E-state index contributed by atoms with van der Waals surface area (Å²) in [6, 6.07) is 16.9. The zero-order valence-electron chi connectivity index (χ0n) is 9.76. The van der Waals surface area contributed by atoms with Crippen LogP contribution in [0.3, 0.4) is 0 Å². The maximum absolute atomic E-state index is 4.96. The van der Waals surface area contributed by atoms with Crippen molar-refractivity contribution in [2.75, 3.05) is 0 Å². The van der Waals surface area contributed by atoms with E-state index < -0.39 is 0 Å². The van der Waals surface area contributed by atoms with Crippen LogP contribution in [-0.2, 0) is 6.42 Å². The van der Waals surface area contributed by atoms with Crippen LogP contribution >= 0.6 is 0 Å². The molecule has 1 heterocycles. The summed E-state index contributed by atoms with van der Waals surface area (Å²) in [7, 11) is 0. The molecule has 0 saturated carbocycles. The van der Waals surface area contributed by atoms with Gasteiger partial charge in [0.15, 0.2) is 0 Å². The van der Waals surface area contributed by atoms with Gasteiger partial charge in [0.25, 0.3) is 0 Å². The highest BCUT2D eigenvalue weighted by molar-refractivity contribution is 5.83. The van der Waals surface area contributed by atoms with E-state index in [0.717, 1.165) is 12.1 Å². The molecule has 2 aromatic carbocycles. The lowest BCUT2D eigenvalue weighted by molar-refractivity contribution is 0.422. The predicted molar refractivity (Wildman–Crippen MR) is 70.2 cm³/mol. The van der Waals surface area contributed by atoms with E-state index in [-0.39, 0.29) is 0 Å². The lowest BCUT2D eigenvalue weighted by Crippen LogP contribution is -1.87. The first kappa shape index (κ1) is 9.66. The van der Waals surface area contributed by atoms with E-state index in [1.54, 1.807) is 6.26 Å². The van der Waals surface area contributed by atoms with E-state index in [4.69, 9.17) is 4.52 Å². The molecule has 4 rings (SSSR count). The number of benzene rings is 2. The maximum atomic E-state index is 4.96. The highest BCUT2D eigenvalue weighted by Gasteiger charge is 2.21. The van der Waals surface area contributed by atoms with Gasteiger partial charge in [-0.15, -0.1) is 0 Å². The summed E-state index contributed by atoms with van der Waals surface area (Å²) in [6.07, 6.45) is 2.60. The van der Waals surface area contributed by atoms with Crippen LogP contribution in [-0.4, -0.2) is 5.16 Å². The van der Waals surface area contributed by atoms with E-state index in [0.29, 0.717) is 0 Å². The smallest absolute Gasteiger partial charge is 0.124 e. The number of aromatic nitrogens is 1. The van der Waals surface area contributed by atoms with Crippen molar-refractivity contribution in [3.8, 4) is 22.4 Å². The highest BCUT2D eigenvalue weighted by atomic mass is 16.5. The van der Waals surface area contributed by atoms with Gasteiger partial charge in [-0.3, -0.25) is 0 Å². The van der Waals surface area contributed by atoms with Gasteiger partial charge in [0.2, 0.25) is 0 Å². The topological polar surface area (TPSA) is 26.0 Å². The van der Waals surface area contributed by atoms with Gasteiger partial charge in [0, 0.05) is 11.6 Å². The molecule has 0 atom stereocenters. The zero-order valence-corrected chi connectivity index (χ0v) is 9.76. The van der Waals surface area contributed by atoms with Gasteiger partial charge in [-0.1, -0.05) is 47.6 Å². The van der Waals surface area contributed by atoms with Crippen LogP contribution in [0.25, 0.3) is 22.4 Å². The Morgan fingerprint density at radius 1 is 0.833 bits per heavy atom. The summed E-state index contributed by atoms with van der Waals surface area (Å²) in [5, 5.41) is 4.05. The third-order valence-corrected chi connectivity index (χ3v) is 3.56. The Morgan fingerprint density at radius 3 is 2.56 bits per heavy atom. The second kappa shape index (κ2) is 3.57. The van der Waals surface area contributed by atoms with Crippen molar-refractivity contribution >= 4 is 0 Å². The molecular weight excluding hydrogens is 222 g/mol. The average Bonchev–Trinajstić information content (AvgIpc) is 3.05. The average molecular weight is 233 g/mol. The summed E-state index contributed by atoms with van der Waals surface area (Å²) in [4.78, 5) is 0. The molecule has 0 spiro atoms. The molecule has 0 N–H and O–H groups in total. The largest absolute Gasteiger partial charge is 0.364 e. The molecule has 0 bridgehead atoms. The van der Waals surface area contributed by atoms with E-state index in [9.17, 15) is 0 Å². The molecule has 1 aromatic heterocycles. The van der Waals surface area contributed by atoms with Crippen LogP contribution in [0.4, 0.5) is 0 Å². The molecule has 86 valence electrons. The first-order chi connectivity index (χ1) is 8.93. The molecule has 3 aromatic rings. The molecular formula is C16H11NO. The second-order valence-corrected chi connectivity index (χ2v) is 4.55. The van der Waals surface area contributed by atoms with Crippen LogP contribution in [0.2, 0.25) is 0 Å². The summed E-state index contributed by atoms with van der Waals surface area (Å²) < 4.78 is 4.96. The number of hydrogen-bond acceptors (Lipinski definition) is 2. The van der Waals surface area contributed by atoms with Gasteiger partial charge >= 0.3 is 0 Å². The van der Waals surface area contributed by atoms with Crippen LogP contribution in [0.5, 0.6) is 0 Å². The molecule has 1 aliphatic carbocycles. The Hall–Kier alpha value is -2.35. The van der Waals surface area contributed by atoms with Crippen LogP contribution in [0, 0.1) is 0 Å². The van der Waals surface area contributed by atoms with Gasteiger partial charge in [-0.05, 0) is 28.7 Å². The molecule has 1 aliphatic rings. The minimum absolute atomic E-state index is 0.916. The third-order valence-electron chi connectivity index (χ3n) is 3.56. The van der Waals surface area contributed by atoms with E-state index in [1.807, 2.05) is 6.07 Å². The Morgan fingerprint density at radius 2 is 1.67 bits per heavy atom. The number of rotatable bonds is 1. The van der Waals surface area contributed by atoms with Crippen LogP contribution in [0.15, 0.2) is 59.3 Å². The number of hydrogen-bond donors (Lipinski definition) is 0. The zero-order chi connectivity index (χ0) is 11.9. The number of fused-ring (bicyclic) bond motifs is 3. The monoisotopic (exact) mass is 233 g/mol. The van der Waals surface area contributed by atoms with Crippen molar-refractivity contribution in [2.24, 2.45) is 0 Å². The van der Waals surface area contributed by atoms with Crippen molar-refractivity contribution in [3.05, 3.63) is 65.9 Å². The Labute approximate surface area is 105 Å². The van der Waals surface area contributed by atoms with Crippen molar-refractivity contribution in [1.29, 1.82) is 0 Å². The minimum atomic E-state index is 0.916. The van der Waals surface area contributed by atoms with Crippen molar-refractivity contribution in [1.82, 2.24) is 5.16 Å². The normalized spacial score (nSPS) is 12.2. The van der Waals surface area contributed by atoms with Crippen LogP contribution in [0.1, 0.15) is 11.1 Å². The molecule has 2 nitrogen and oxygen atoms in total. The molecule has 0 fully saturated rings. The second-order valence-electron chi connectivity index (χ2n) is 4.55. The standard InChI is InChI=1S/C16H11NO/c1-2-5-12-11(4-1)10-15-13(12)6-3-7-14(15)16-8-9-18-17-16/h1-9H,10H2. The van der Waals surface area contributed by atoms with E-state index in [1.165, 1.54) is 27.8 Å². The highest BCUT2D eigenvalue weighted by Crippen LogP contribution is 2.40. The van der Waals surface area contributed by atoms with Crippen molar-refractivity contribution in [2.45, 2.75) is 6.42 Å². The van der Waals surface area contributed by atoms with Crippen molar-refractivity contribution in [3.63, 3.8) is 0 Å².